The van der Waals surface area contributed by atoms with Gasteiger partial charge in [-0.2, -0.15) is 4.31 Å². The zero-order valence-corrected chi connectivity index (χ0v) is 43.6. The number of nitrogens with one attached hydrogen (secondary N) is 1. The standard InChI is InChI=1S/C33H35FN2O5.C16H18Cl2N2O5S2.Ca/c1-21(2)31-30(33(41)35-25-11-7-4-8-12-25)29(22-9-5-3-6-10-22)32(23-13-15-24(34)16-14-23)36(31)18-17-26(37)19-27(38)20-28(39)40;1-27(23,24)20(4-2-3-15-19-14(10-26-15)16(21)22)5-6-25-13-8-11(17)7-12(18)9-13;/h3-16,21,26-27,37-38H,17-20H2,1-2H3,(H,35,41)(H,39,40);7-10H,2-6H2,1H3,(H,21,22);/t26-,27-;;/m1../s1. The number of hydrogen-bond acceptors (Lipinski definition) is 10. The number of carboxylic acid groups (broad SMARTS) is 2. The number of ether oxygens (including phenoxy) is 1. The summed E-state index contributed by atoms with van der Waals surface area (Å²) in [7, 11) is -3.41. The van der Waals surface area contributed by atoms with Crippen molar-refractivity contribution < 1.29 is 52.4 Å². The number of nitrogens with zero attached hydrogens (tertiary/aromatic N) is 3. The van der Waals surface area contributed by atoms with Gasteiger partial charge in [0.05, 0.1) is 41.1 Å². The Labute approximate surface area is 444 Å². The Balaban J connectivity index is 0.000000322. The molecule has 1 amide bonds. The van der Waals surface area contributed by atoms with Crippen molar-refractivity contribution in [3.8, 4) is 28.1 Å². The number of thiazole rings is 1. The van der Waals surface area contributed by atoms with Crippen LogP contribution in [0.1, 0.15) is 77.0 Å². The van der Waals surface area contributed by atoms with E-state index in [0.29, 0.717) is 61.7 Å². The predicted molar refractivity (Wildman–Crippen MR) is 269 cm³/mol. The summed E-state index contributed by atoms with van der Waals surface area (Å²) in [6.45, 7) is 4.84. The van der Waals surface area contributed by atoms with E-state index in [1.54, 1.807) is 30.3 Å². The van der Waals surface area contributed by atoms with Crippen LogP contribution < -0.4 is 10.1 Å². The van der Waals surface area contributed by atoms with Gasteiger partial charge in [-0.1, -0.05) is 85.6 Å². The van der Waals surface area contributed by atoms with Gasteiger partial charge in [-0.25, -0.2) is 22.6 Å². The molecular formula is C49H53CaCl2FN4O10S2. The molecule has 0 aliphatic carbocycles. The van der Waals surface area contributed by atoms with E-state index >= 15 is 0 Å². The van der Waals surface area contributed by atoms with Gasteiger partial charge in [0.1, 0.15) is 18.2 Å². The molecule has 0 saturated heterocycles. The molecule has 0 unspecified atom stereocenters. The monoisotopic (exact) mass is 1050 g/mol. The van der Waals surface area contributed by atoms with Gasteiger partial charge in [0.15, 0.2) is 5.69 Å². The van der Waals surface area contributed by atoms with Crippen molar-refractivity contribution in [2.45, 2.75) is 70.6 Å². The smallest absolute Gasteiger partial charge is 0.355 e. The Kier molecular flexibility index (Phi) is 22.6. The summed E-state index contributed by atoms with van der Waals surface area (Å²) in [5.41, 5.74) is 4.78. The van der Waals surface area contributed by atoms with Gasteiger partial charge in [-0.3, -0.25) is 9.59 Å². The van der Waals surface area contributed by atoms with Gasteiger partial charge in [-0.15, -0.1) is 11.3 Å². The summed E-state index contributed by atoms with van der Waals surface area (Å²) < 4.78 is 46.8. The van der Waals surface area contributed by atoms with Crippen LogP contribution in [0.15, 0.2) is 109 Å². The minimum Gasteiger partial charge on any atom is -0.492 e. The molecule has 0 aliphatic rings. The van der Waals surface area contributed by atoms with Gasteiger partial charge < -0.3 is 35.0 Å². The summed E-state index contributed by atoms with van der Waals surface area (Å²) in [4.78, 5) is 39.8. The number of carboxylic acids is 2. The second kappa shape index (κ2) is 27.3. The summed E-state index contributed by atoms with van der Waals surface area (Å²) in [6, 6.07) is 29.6. The van der Waals surface area contributed by atoms with Crippen molar-refractivity contribution in [1.82, 2.24) is 13.9 Å². The molecular weight excluding hydrogens is 999 g/mol. The summed E-state index contributed by atoms with van der Waals surface area (Å²) in [5.74, 6) is -2.55. The summed E-state index contributed by atoms with van der Waals surface area (Å²) in [5, 5.41) is 44.6. The number of rotatable bonds is 22. The Hall–Kier alpha value is -4.40. The second-order valence-corrected chi connectivity index (χ2v) is 19.9. The normalized spacial score (nSPS) is 12.1. The predicted octanol–water partition coefficient (Wildman–Crippen LogP) is 9.35. The number of aromatic nitrogens is 2. The number of para-hydroxylation sites is 1. The number of carbonyl (C=O) groups excluding carboxylic acids is 1. The molecule has 2 radical (unpaired) electrons. The Morgan fingerprint density at radius 1 is 0.884 bits per heavy atom. The third-order valence-electron chi connectivity index (χ3n) is 10.4. The Morgan fingerprint density at radius 3 is 2.07 bits per heavy atom. The topological polar surface area (TPSA) is 209 Å². The van der Waals surface area contributed by atoms with Crippen LogP contribution in [-0.4, -0.2) is 136 Å². The Morgan fingerprint density at radius 2 is 1.51 bits per heavy atom. The maximum Gasteiger partial charge on any atom is 0.355 e. The third-order valence-corrected chi connectivity index (χ3v) is 13.1. The average Bonchev–Trinajstić information content (AvgIpc) is 3.89. The van der Waals surface area contributed by atoms with E-state index in [1.165, 1.54) is 33.2 Å². The number of hydrogen-bond donors (Lipinski definition) is 5. The molecule has 6 aromatic rings. The van der Waals surface area contributed by atoms with Crippen molar-refractivity contribution in [3.63, 3.8) is 0 Å². The maximum absolute atomic E-state index is 14.0. The summed E-state index contributed by atoms with van der Waals surface area (Å²) >= 11 is 13.0. The second-order valence-electron chi connectivity index (χ2n) is 16.1. The van der Waals surface area contributed by atoms with Crippen LogP contribution in [0.2, 0.25) is 10.0 Å². The molecule has 20 heteroatoms. The van der Waals surface area contributed by atoms with Gasteiger partial charge in [0, 0.05) is 96.2 Å². The van der Waals surface area contributed by atoms with E-state index in [1.807, 2.05) is 79.1 Å². The molecule has 364 valence electrons. The van der Waals surface area contributed by atoms with Crippen LogP contribution in [0, 0.1) is 5.82 Å². The van der Waals surface area contributed by atoms with E-state index in [9.17, 15) is 37.4 Å². The molecule has 0 fully saturated rings. The summed E-state index contributed by atoms with van der Waals surface area (Å²) in [6.07, 6.45) is -0.362. The molecule has 0 aliphatic heterocycles. The van der Waals surface area contributed by atoms with Crippen LogP contribution in [0.4, 0.5) is 10.1 Å². The number of halogens is 3. The van der Waals surface area contributed by atoms with Crippen molar-refractivity contribution in [3.05, 3.63) is 146 Å². The Bertz CT molecular complexity index is 2730. The number of anilines is 1. The van der Waals surface area contributed by atoms with Crippen LogP contribution in [-0.2, 0) is 27.8 Å². The fraction of sp³-hybridized carbons (Fsp3) is 0.306. The van der Waals surface area contributed by atoms with E-state index in [0.717, 1.165) is 17.5 Å². The first kappa shape index (κ1) is 57.2. The third kappa shape index (κ3) is 17.5. The number of aliphatic hydroxyl groups is 2. The van der Waals surface area contributed by atoms with Crippen molar-refractivity contribution >= 4 is 106 Å². The van der Waals surface area contributed by atoms with E-state index in [-0.39, 0.29) is 100 Å². The van der Waals surface area contributed by atoms with Crippen molar-refractivity contribution in [2.75, 3.05) is 31.3 Å². The number of aliphatic carboxylic acids is 1. The van der Waals surface area contributed by atoms with Gasteiger partial charge >= 0.3 is 11.9 Å². The first-order chi connectivity index (χ1) is 32.3. The van der Waals surface area contributed by atoms with Crippen LogP contribution >= 0.6 is 34.5 Å². The van der Waals surface area contributed by atoms with Crippen LogP contribution in [0.3, 0.4) is 0 Å². The minimum atomic E-state index is -3.41. The largest absolute Gasteiger partial charge is 0.492 e. The van der Waals surface area contributed by atoms with E-state index < -0.39 is 40.6 Å². The molecule has 5 N–H and O–H groups in total. The molecule has 69 heavy (non-hydrogen) atoms. The molecule has 2 atom stereocenters. The van der Waals surface area contributed by atoms with Crippen molar-refractivity contribution in [1.29, 1.82) is 0 Å². The van der Waals surface area contributed by atoms with Gasteiger partial charge in [0.2, 0.25) is 10.0 Å². The molecule has 2 heterocycles. The molecule has 14 nitrogen and oxygen atoms in total. The number of benzene rings is 4. The molecule has 0 spiro atoms. The molecule has 0 saturated carbocycles. The SMILES string of the molecule is CC(C)c1c(C(=O)Nc2ccccc2)c(-c2ccccc2)c(-c2ccc(F)cc2)n1CC[C@@H](O)C[C@@H](O)CC(=O)O.CS(=O)(=O)N(CCCc1nc(C(=O)O)cs1)CCOc1cc(Cl)cc(Cl)c1.[Ca]. The quantitative estimate of drug-likeness (QED) is 0.0405. The molecule has 4 aromatic carbocycles. The first-order valence-electron chi connectivity index (χ1n) is 21.5. The molecule has 0 bridgehead atoms. The minimum absolute atomic E-state index is 0. The van der Waals surface area contributed by atoms with Gasteiger partial charge in [0.25, 0.3) is 5.91 Å². The molecule has 2 aromatic heterocycles. The fourth-order valence-corrected chi connectivity index (χ4v) is 9.64. The fourth-order valence-electron chi connectivity index (χ4n) is 7.45. The zero-order chi connectivity index (χ0) is 49.5. The van der Waals surface area contributed by atoms with Crippen molar-refractivity contribution in [2.24, 2.45) is 0 Å². The number of carbonyl (C=O) groups is 3. The number of aryl methyl sites for hydroxylation is 1. The number of amides is 1. The maximum atomic E-state index is 14.0. The number of sulfonamides is 1. The van der Waals surface area contributed by atoms with E-state index in [2.05, 4.69) is 10.3 Å². The first-order valence-corrected chi connectivity index (χ1v) is 25.0. The van der Waals surface area contributed by atoms with Crippen LogP contribution in [0.25, 0.3) is 22.4 Å². The molecule has 6 rings (SSSR count). The average molecular weight is 1050 g/mol. The van der Waals surface area contributed by atoms with E-state index in [4.69, 9.17) is 38.2 Å². The number of aliphatic hydroxyl groups excluding tert-OH is 2. The van der Waals surface area contributed by atoms with Crippen LogP contribution in [0.5, 0.6) is 5.75 Å². The zero-order valence-electron chi connectivity index (χ0n) is 38.2. The number of aromatic carboxylic acids is 1. The van der Waals surface area contributed by atoms with Gasteiger partial charge in [-0.05, 0) is 90.9 Å².